The second kappa shape index (κ2) is 8.68. The van der Waals surface area contributed by atoms with Crippen molar-refractivity contribution in [3.8, 4) is 0 Å². The third-order valence-corrected chi connectivity index (χ3v) is 5.09. The second-order valence-electron chi connectivity index (χ2n) is 6.81. The Kier molecular flexibility index (Phi) is 5.82. The third kappa shape index (κ3) is 4.22. The maximum Gasteiger partial charge on any atom is 0.277 e. The molecule has 0 saturated heterocycles. The van der Waals surface area contributed by atoms with Crippen LogP contribution in [-0.4, -0.2) is 27.8 Å². The summed E-state index contributed by atoms with van der Waals surface area (Å²) >= 11 is 6.30. The zero-order valence-electron chi connectivity index (χ0n) is 16.2. The number of carbonyl (C=O) groups excluding carboxylic acids is 1. The number of benzene rings is 1. The molecule has 0 atom stereocenters. The van der Waals surface area contributed by atoms with E-state index in [-0.39, 0.29) is 5.56 Å². The molecule has 3 N–H and O–H groups in total. The van der Waals surface area contributed by atoms with Crippen LogP contribution < -0.4 is 16.1 Å². The van der Waals surface area contributed by atoms with E-state index in [1.165, 1.54) is 25.4 Å². The molecule has 0 radical (unpaired) electrons. The molecule has 1 aliphatic heterocycles. The van der Waals surface area contributed by atoms with E-state index in [0.29, 0.717) is 22.2 Å². The lowest BCUT2D eigenvalue weighted by molar-refractivity contribution is 0.0538. The van der Waals surface area contributed by atoms with Gasteiger partial charge in [-0.15, -0.1) is 0 Å². The van der Waals surface area contributed by atoms with Gasteiger partial charge in [0.05, 0.1) is 52.8 Å². The van der Waals surface area contributed by atoms with Crippen LogP contribution >= 0.6 is 11.6 Å². The van der Waals surface area contributed by atoms with Gasteiger partial charge in [-0.05, 0) is 37.5 Å². The summed E-state index contributed by atoms with van der Waals surface area (Å²) in [7, 11) is 1.30. The Hall–Kier alpha value is -3.17. The van der Waals surface area contributed by atoms with E-state index in [9.17, 15) is 9.18 Å². The van der Waals surface area contributed by atoms with Crippen molar-refractivity contribution >= 4 is 40.4 Å². The normalized spacial score (nSPS) is 12.9. The number of amides is 1. The SMILES string of the molecule is CONC(=O)c1cc(F)ccc1Nc1cc(Nc2cnn3c2CCCC3)ncc1Cl. The molecule has 156 valence electrons. The number of nitrogens with zero attached hydrogens (tertiary/aromatic N) is 3. The average molecular weight is 431 g/mol. The van der Waals surface area contributed by atoms with Gasteiger partial charge >= 0.3 is 0 Å². The van der Waals surface area contributed by atoms with Gasteiger partial charge in [0.15, 0.2) is 0 Å². The Morgan fingerprint density at radius 3 is 2.87 bits per heavy atom. The van der Waals surface area contributed by atoms with Crippen molar-refractivity contribution in [1.82, 2.24) is 20.2 Å². The van der Waals surface area contributed by atoms with Crippen LogP contribution in [0.1, 0.15) is 28.9 Å². The number of hydrogen-bond acceptors (Lipinski definition) is 6. The van der Waals surface area contributed by atoms with Crippen molar-refractivity contribution in [2.45, 2.75) is 25.8 Å². The summed E-state index contributed by atoms with van der Waals surface area (Å²) in [4.78, 5) is 21.2. The Morgan fingerprint density at radius 2 is 2.03 bits per heavy atom. The molecule has 1 amide bonds. The zero-order valence-corrected chi connectivity index (χ0v) is 17.0. The van der Waals surface area contributed by atoms with Crippen LogP contribution in [-0.2, 0) is 17.8 Å². The first kappa shape index (κ1) is 20.1. The Morgan fingerprint density at radius 1 is 1.17 bits per heavy atom. The molecule has 2 aromatic heterocycles. The standard InChI is InChI=1S/C20H20ClFN6O2/c1-30-27-20(29)13-8-12(22)5-6-15(13)25-16-9-19(23-10-14(16)21)26-17-11-24-28-7-3-2-4-18(17)28/h5-6,8-11H,2-4,7H2,1H3,(H,27,29)(H2,23,25,26). The molecule has 3 aromatic rings. The number of aromatic nitrogens is 3. The van der Waals surface area contributed by atoms with E-state index in [1.807, 2.05) is 4.68 Å². The van der Waals surface area contributed by atoms with Crippen LogP contribution in [0.3, 0.4) is 0 Å². The van der Waals surface area contributed by atoms with E-state index >= 15 is 0 Å². The molecule has 1 aliphatic rings. The Labute approximate surface area is 177 Å². The fourth-order valence-electron chi connectivity index (χ4n) is 3.37. The number of hydroxylamine groups is 1. The minimum atomic E-state index is -0.588. The fraction of sp³-hybridized carbons (Fsp3) is 0.250. The summed E-state index contributed by atoms with van der Waals surface area (Å²) in [5.41, 5.74) is 5.18. The molecule has 0 fully saturated rings. The Bertz CT molecular complexity index is 1090. The number of fused-ring (bicyclic) bond motifs is 1. The van der Waals surface area contributed by atoms with Gasteiger partial charge in [0.25, 0.3) is 5.91 Å². The van der Waals surface area contributed by atoms with Gasteiger partial charge in [-0.25, -0.2) is 14.9 Å². The lowest BCUT2D eigenvalue weighted by atomic mass is 10.1. The quantitative estimate of drug-likeness (QED) is 0.508. The van der Waals surface area contributed by atoms with Crippen molar-refractivity contribution in [3.63, 3.8) is 0 Å². The maximum atomic E-state index is 13.7. The van der Waals surface area contributed by atoms with Crippen LogP contribution in [0.15, 0.2) is 36.7 Å². The van der Waals surface area contributed by atoms with Crippen molar-refractivity contribution in [1.29, 1.82) is 0 Å². The molecule has 3 heterocycles. The molecule has 8 nitrogen and oxygen atoms in total. The van der Waals surface area contributed by atoms with Gasteiger partial charge in [0, 0.05) is 12.6 Å². The minimum Gasteiger partial charge on any atom is -0.353 e. The van der Waals surface area contributed by atoms with Crippen molar-refractivity contribution in [2.24, 2.45) is 0 Å². The molecule has 0 spiro atoms. The number of hydrogen-bond donors (Lipinski definition) is 3. The smallest absolute Gasteiger partial charge is 0.277 e. The number of aryl methyl sites for hydroxylation is 1. The zero-order chi connectivity index (χ0) is 21.1. The van der Waals surface area contributed by atoms with E-state index in [2.05, 4.69) is 31.0 Å². The largest absolute Gasteiger partial charge is 0.353 e. The molecule has 30 heavy (non-hydrogen) atoms. The molecule has 10 heteroatoms. The highest BCUT2D eigenvalue weighted by Crippen LogP contribution is 2.31. The van der Waals surface area contributed by atoms with E-state index in [4.69, 9.17) is 11.6 Å². The average Bonchev–Trinajstić information content (AvgIpc) is 3.15. The first-order valence-corrected chi connectivity index (χ1v) is 9.80. The van der Waals surface area contributed by atoms with Crippen LogP contribution in [0.4, 0.5) is 27.3 Å². The highest BCUT2D eigenvalue weighted by atomic mass is 35.5. The molecule has 0 aliphatic carbocycles. The highest BCUT2D eigenvalue weighted by Gasteiger charge is 2.17. The lowest BCUT2D eigenvalue weighted by Gasteiger charge is -2.16. The molecule has 4 rings (SSSR count). The van der Waals surface area contributed by atoms with Crippen LogP contribution in [0.2, 0.25) is 5.02 Å². The lowest BCUT2D eigenvalue weighted by Crippen LogP contribution is -2.23. The van der Waals surface area contributed by atoms with Crippen molar-refractivity contribution in [2.75, 3.05) is 17.7 Å². The molecular weight excluding hydrogens is 411 g/mol. The van der Waals surface area contributed by atoms with Gasteiger partial charge in [-0.3, -0.25) is 14.3 Å². The third-order valence-electron chi connectivity index (χ3n) is 4.79. The van der Waals surface area contributed by atoms with E-state index in [1.54, 1.807) is 12.3 Å². The first-order valence-electron chi connectivity index (χ1n) is 9.42. The Balaban J connectivity index is 1.60. The topological polar surface area (TPSA) is 93.1 Å². The van der Waals surface area contributed by atoms with E-state index in [0.717, 1.165) is 43.3 Å². The molecule has 0 saturated carbocycles. The van der Waals surface area contributed by atoms with Gasteiger partial charge < -0.3 is 10.6 Å². The van der Waals surface area contributed by atoms with Gasteiger partial charge in [-0.2, -0.15) is 5.10 Å². The fourth-order valence-corrected chi connectivity index (χ4v) is 3.52. The molecule has 0 unspecified atom stereocenters. The molecular formula is C20H20ClFN6O2. The summed E-state index contributed by atoms with van der Waals surface area (Å²) in [6, 6.07) is 5.54. The minimum absolute atomic E-state index is 0.0740. The number of rotatable bonds is 6. The van der Waals surface area contributed by atoms with E-state index < -0.39 is 11.7 Å². The molecule has 0 bridgehead atoms. The van der Waals surface area contributed by atoms with Crippen LogP contribution in [0.25, 0.3) is 0 Å². The summed E-state index contributed by atoms with van der Waals surface area (Å²) < 4.78 is 15.7. The number of pyridine rings is 1. The predicted octanol–water partition coefficient (Wildman–Crippen LogP) is 4.19. The summed E-state index contributed by atoms with van der Waals surface area (Å²) in [6.45, 7) is 0.911. The highest BCUT2D eigenvalue weighted by molar-refractivity contribution is 6.33. The van der Waals surface area contributed by atoms with Gasteiger partial charge in [0.1, 0.15) is 11.6 Å². The summed E-state index contributed by atoms with van der Waals surface area (Å²) in [5, 5.41) is 11.1. The van der Waals surface area contributed by atoms with Crippen molar-refractivity contribution in [3.05, 3.63) is 58.8 Å². The molecule has 1 aromatic carbocycles. The maximum absolute atomic E-state index is 13.7. The summed E-state index contributed by atoms with van der Waals surface area (Å²) in [6.07, 6.45) is 6.49. The monoisotopic (exact) mass is 430 g/mol. The van der Waals surface area contributed by atoms with Crippen LogP contribution in [0.5, 0.6) is 0 Å². The van der Waals surface area contributed by atoms with Gasteiger partial charge in [0.2, 0.25) is 0 Å². The van der Waals surface area contributed by atoms with Gasteiger partial charge in [-0.1, -0.05) is 11.6 Å². The van der Waals surface area contributed by atoms with Crippen molar-refractivity contribution < 1.29 is 14.0 Å². The number of anilines is 4. The second-order valence-corrected chi connectivity index (χ2v) is 7.22. The summed E-state index contributed by atoms with van der Waals surface area (Å²) in [5.74, 6) is -0.571. The number of carbonyl (C=O) groups is 1. The number of nitrogens with one attached hydrogen (secondary N) is 3. The predicted molar refractivity (Wildman–Crippen MR) is 112 cm³/mol. The first-order chi connectivity index (χ1) is 14.5. The van der Waals surface area contributed by atoms with Crippen LogP contribution in [0, 0.1) is 5.82 Å². The number of halogens is 2.